The molecule has 0 aliphatic carbocycles. The highest BCUT2D eigenvalue weighted by Gasteiger charge is 2.01. The molecule has 126 valence electrons. The summed E-state index contributed by atoms with van der Waals surface area (Å²) in [6, 6.07) is 0. The van der Waals surface area contributed by atoms with E-state index in [9.17, 15) is 0 Å². The van der Waals surface area contributed by atoms with E-state index in [1.807, 2.05) is 39.0 Å². The van der Waals surface area contributed by atoms with Crippen LogP contribution in [0.2, 0.25) is 0 Å². The first-order valence-electron chi connectivity index (χ1n) is 8.33. The van der Waals surface area contributed by atoms with Crippen LogP contribution in [0.4, 0.5) is 0 Å². The van der Waals surface area contributed by atoms with Crippen molar-refractivity contribution >= 4 is 0 Å². The third kappa shape index (κ3) is 10.3. The Hall–Kier alpha value is -2.08. The standard InChI is InChI=1S/C21H28.C2H6/c1-8-12-13-20(10-3)21(11-4)16-18(7)19(9-2)15-14-17(5)6;1-2/h8,10-16H,1,4,7,9H2,2-3,5-6H3;1-2H3/b13-12-,19-15+,20-10+,21-16+;. The molecule has 0 unspecified atom stereocenters. The van der Waals surface area contributed by atoms with Crippen molar-refractivity contribution in [3.8, 4) is 0 Å². The van der Waals surface area contributed by atoms with Gasteiger partial charge in [-0.3, -0.25) is 0 Å². The van der Waals surface area contributed by atoms with Crippen molar-refractivity contribution in [1.82, 2.24) is 0 Å². The second kappa shape index (κ2) is 14.8. The fourth-order valence-electron chi connectivity index (χ4n) is 1.79. The van der Waals surface area contributed by atoms with Crippen molar-refractivity contribution in [3.05, 3.63) is 96.2 Å². The second-order valence-electron chi connectivity index (χ2n) is 4.96. The number of hydrogen-bond donors (Lipinski definition) is 0. The van der Waals surface area contributed by atoms with Gasteiger partial charge in [0.1, 0.15) is 0 Å². The lowest BCUT2D eigenvalue weighted by molar-refractivity contribution is 1.12. The lowest BCUT2D eigenvalue weighted by atomic mass is 9.97. The summed E-state index contributed by atoms with van der Waals surface area (Å²) in [5, 5.41) is 0. The highest BCUT2D eigenvalue weighted by atomic mass is 14.1. The average Bonchev–Trinajstić information content (AvgIpc) is 2.56. The summed E-state index contributed by atoms with van der Waals surface area (Å²) < 4.78 is 0. The van der Waals surface area contributed by atoms with Crippen molar-refractivity contribution < 1.29 is 0 Å². The summed E-state index contributed by atoms with van der Waals surface area (Å²) in [5.74, 6) is 0. The van der Waals surface area contributed by atoms with Crippen LogP contribution in [-0.4, -0.2) is 0 Å². The maximum Gasteiger partial charge on any atom is -0.0187 e. The monoisotopic (exact) mass is 310 g/mol. The first kappa shape index (κ1) is 23.2. The molecule has 0 N–H and O–H groups in total. The van der Waals surface area contributed by atoms with Crippen LogP contribution in [0.5, 0.6) is 0 Å². The van der Waals surface area contributed by atoms with Crippen molar-refractivity contribution in [2.75, 3.05) is 0 Å². The molecule has 0 saturated heterocycles. The van der Waals surface area contributed by atoms with Crippen LogP contribution in [0.25, 0.3) is 0 Å². The molecule has 0 heterocycles. The lowest BCUT2D eigenvalue weighted by Gasteiger charge is -2.08. The molecule has 0 aliphatic rings. The smallest absolute Gasteiger partial charge is 0.0187 e. The molecule has 0 aromatic carbocycles. The zero-order valence-electron chi connectivity index (χ0n) is 15.9. The first-order valence-corrected chi connectivity index (χ1v) is 8.33. The average molecular weight is 311 g/mol. The number of allylic oxidation sites excluding steroid dienone is 13. The Balaban J connectivity index is 0. The van der Waals surface area contributed by atoms with Gasteiger partial charge in [0, 0.05) is 0 Å². The van der Waals surface area contributed by atoms with Gasteiger partial charge in [-0.05, 0) is 55.6 Å². The van der Waals surface area contributed by atoms with Gasteiger partial charge in [0.15, 0.2) is 0 Å². The number of rotatable bonds is 8. The van der Waals surface area contributed by atoms with E-state index in [0.29, 0.717) is 0 Å². The summed E-state index contributed by atoms with van der Waals surface area (Å²) in [4.78, 5) is 0. The van der Waals surface area contributed by atoms with Gasteiger partial charge in [-0.15, -0.1) is 0 Å². The molecule has 0 aromatic heterocycles. The predicted molar refractivity (Wildman–Crippen MR) is 110 cm³/mol. The van der Waals surface area contributed by atoms with Crippen molar-refractivity contribution in [2.24, 2.45) is 0 Å². The van der Waals surface area contributed by atoms with Crippen LogP contribution >= 0.6 is 0 Å². The fraction of sp³-hybridized carbons (Fsp3) is 0.304. The molecule has 0 heteroatoms. The van der Waals surface area contributed by atoms with E-state index < -0.39 is 0 Å². The van der Waals surface area contributed by atoms with Gasteiger partial charge in [-0.1, -0.05) is 88.6 Å². The molecule has 0 aliphatic heterocycles. The summed E-state index contributed by atoms with van der Waals surface area (Å²) >= 11 is 0. The minimum Gasteiger partial charge on any atom is -0.0991 e. The van der Waals surface area contributed by atoms with Crippen LogP contribution in [-0.2, 0) is 0 Å². The van der Waals surface area contributed by atoms with Crippen molar-refractivity contribution in [2.45, 2.75) is 48.0 Å². The normalized spacial score (nSPS) is 12.3. The van der Waals surface area contributed by atoms with Crippen LogP contribution in [0.15, 0.2) is 96.2 Å². The quantitative estimate of drug-likeness (QED) is 0.403. The minimum atomic E-state index is 0.956. The largest absolute Gasteiger partial charge is 0.0991 e. The third-order valence-electron chi connectivity index (χ3n) is 3.02. The summed E-state index contributed by atoms with van der Waals surface area (Å²) in [7, 11) is 0. The van der Waals surface area contributed by atoms with Crippen LogP contribution in [0, 0.1) is 0 Å². The van der Waals surface area contributed by atoms with Crippen LogP contribution in [0.3, 0.4) is 0 Å². The molecule has 0 aromatic rings. The summed E-state index contributed by atoms with van der Waals surface area (Å²) in [6.45, 7) is 24.2. The molecule has 0 spiro atoms. The molecule has 0 rings (SSSR count). The summed E-state index contributed by atoms with van der Waals surface area (Å²) in [5.41, 5.74) is 5.72. The Labute approximate surface area is 144 Å². The lowest BCUT2D eigenvalue weighted by Crippen LogP contribution is -1.88. The molecule has 0 fully saturated rings. The molecule has 0 radical (unpaired) electrons. The molecule has 0 bridgehead atoms. The SMILES string of the molecule is C=C\C=C/C(=C\C)C(/C=C)=C/C(=C)/C(=C/C=C(C)C)CC.CC. The highest BCUT2D eigenvalue weighted by molar-refractivity contribution is 5.52. The Bertz CT molecular complexity index is 524. The Morgan fingerprint density at radius 2 is 1.61 bits per heavy atom. The van der Waals surface area contributed by atoms with Crippen LogP contribution < -0.4 is 0 Å². The van der Waals surface area contributed by atoms with E-state index in [1.54, 1.807) is 6.08 Å². The van der Waals surface area contributed by atoms with E-state index in [0.717, 1.165) is 23.1 Å². The Morgan fingerprint density at radius 3 is 2.00 bits per heavy atom. The van der Waals surface area contributed by atoms with E-state index in [-0.39, 0.29) is 0 Å². The zero-order valence-corrected chi connectivity index (χ0v) is 15.9. The molecular weight excluding hydrogens is 276 g/mol. The predicted octanol–water partition coefficient (Wildman–Crippen LogP) is 7.67. The van der Waals surface area contributed by atoms with Crippen LogP contribution in [0.1, 0.15) is 48.0 Å². The van der Waals surface area contributed by atoms with Gasteiger partial charge in [0.05, 0.1) is 0 Å². The van der Waals surface area contributed by atoms with Gasteiger partial charge in [-0.2, -0.15) is 0 Å². The molecule has 0 atom stereocenters. The fourth-order valence-corrected chi connectivity index (χ4v) is 1.79. The van der Waals surface area contributed by atoms with E-state index in [2.05, 4.69) is 64.8 Å². The van der Waals surface area contributed by atoms with Crippen molar-refractivity contribution in [1.29, 1.82) is 0 Å². The molecule has 0 amide bonds. The molecule has 0 nitrogen and oxygen atoms in total. The Kier molecular flexibility index (Phi) is 15.0. The van der Waals surface area contributed by atoms with E-state index in [1.165, 1.54) is 11.1 Å². The van der Waals surface area contributed by atoms with Gasteiger partial charge in [0.25, 0.3) is 0 Å². The van der Waals surface area contributed by atoms with E-state index >= 15 is 0 Å². The molecular formula is C23H34. The van der Waals surface area contributed by atoms with Gasteiger partial charge in [-0.25, -0.2) is 0 Å². The Morgan fingerprint density at radius 1 is 1.00 bits per heavy atom. The third-order valence-corrected chi connectivity index (χ3v) is 3.02. The maximum absolute atomic E-state index is 4.20. The van der Waals surface area contributed by atoms with Gasteiger partial charge < -0.3 is 0 Å². The topological polar surface area (TPSA) is 0 Å². The zero-order chi connectivity index (χ0) is 18.3. The van der Waals surface area contributed by atoms with E-state index in [4.69, 9.17) is 0 Å². The van der Waals surface area contributed by atoms with Gasteiger partial charge >= 0.3 is 0 Å². The van der Waals surface area contributed by atoms with Gasteiger partial charge in [0.2, 0.25) is 0 Å². The summed E-state index contributed by atoms with van der Waals surface area (Å²) in [6.07, 6.45) is 17.0. The second-order valence-corrected chi connectivity index (χ2v) is 4.96. The first-order chi connectivity index (χ1) is 11.0. The molecule has 0 saturated carbocycles. The number of hydrogen-bond acceptors (Lipinski definition) is 0. The van der Waals surface area contributed by atoms with Crippen molar-refractivity contribution in [3.63, 3.8) is 0 Å². The highest BCUT2D eigenvalue weighted by Crippen LogP contribution is 2.21. The minimum absolute atomic E-state index is 0.956. The maximum atomic E-state index is 4.20. The molecule has 23 heavy (non-hydrogen) atoms.